The molecule has 1 aromatic heterocycles. The van der Waals surface area contributed by atoms with Gasteiger partial charge in [0.1, 0.15) is 4.90 Å². The average Bonchev–Trinajstić information content (AvgIpc) is 2.43. The van der Waals surface area contributed by atoms with Crippen molar-refractivity contribution in [2.45, 2.75) is 4.90 Å². The van der Waals surface area contributed by atoms with Crippen LogP contribution in [0.15, 0.2) is 41.4 Å². The van der Waals surface area contributed by atoms with Crippen molar-refractivity contribution in [3.8, 4) is 5.75 Å². The molecule has 7 heteroatoms. The summed E-state index contributed by atoms with van der Waals surface area (Å²) >= 11 is 5.86. The van der Waals surface area contributed by atoms with Crippen molar-refractivity contribution >= 4 is 33.2 Å². The number of benzene rings is 1. The first-order chi connectivity index (χ1) is 8.56. The maximum Gasteiger partial charge on any atom is 0.343 e. The molecule has 0 radical (unpaired) electrons. The molecule has 1 aliphatic rings. The SMILES string of the molecule is O=S1(=O)Oc2ccc(Cl)cc2Nc2ncccc21. The molecule has 0 unspecified atom stereocenters. The predicted octanol–water partition coefficient (Wildman–Crippen LogP) is 2.56. The summed E-state index contributed by atoms with van der Waals surface area (Å²) in [5.74, 6) is 0.413. The zero-order chi connectivity index (χ0) is 12.8. The van der Waals surface area contributed by atoms with Gasteiger partial charge in [0.25, 0.3) is 0 Å². The second kappa shape index (κ2) is 3.86. The quantitative estimate of drug-likeness (QED) is 0.752. The van der Waals surface area contributed by atoms with E-state index in [0.717, 1.165) is 0 Å². The van der Waals surface area contributed by atoms with Crippen LogP contribution < -0.4 is 9.50 Å². The molecule has 0 spiro atoms. The molecule has 0 fully saturated rings. The smallest absolute Gasteiger partial charge is 0.343 e. The average molecular weight is 283 g/mol. The van der Waals surface area contributed by atoms with Crippen molar-refractivity contribution in [2.24, 2.45) is 0 Å². The number of nitrogens with one attached hydrogen (secondary N) is 1. The molecule has 18 heavy (non-hydrogen) atoms. The van der Waals surface area contributed by atoms with Crippen molar-refractivity contribution in [3.05, 3.63) is 41.6 Å². The molecule has 2 heterocycles. The van der Waals surface area contributed by atoms with E-state index in [4.69, 9.17) is 15.8 Å². The molecular formula is C11H7ClN2O3S. The van der Waals surface area contributed by atoms with E-state index in [9.17, 15) is 8.42 Å². The number of pyridine rings is 1. The lowest BCUT2D eigenvalue weighted by atomic mass is 10.3. The van der Waals surface area contributed by atoms with E-state index in [1.54, 1.807) is 12.1 Å². The Hall–Kier alpha value is -1.79. The van der Waals surface area contributed by atoms with Gasteiger partial charge in [-0.3, -0.25) is 0 Å². The van der Waals surface area contributed by atoms with Gasteiger partial charge in [0.05, 0.1) is 5.69 Å². The molecule has 0 atom stereocenters. The number of nitrogens with zero attached hydrogens (tertiary/aromatic N) is 1. The minimum Gasteiger partial charge on any atom is -0.377 e. The Morgan fingerprint density at radius 1 is 1.28 bits per heavy atom. The van der Waals surface area contributed by atoms with E-state index in [2.05, 4.69) is 10.3 Å². The van der Waals surface area contributed by atoms with Crippen LogP contribution in [0.1, 0.15) is 0 Å². The van der Waals surface area contributed by atoms with E-state index in [0.29, 0.717) is 10.7 Å². The summed E-state index contributed by atoms with van der Waals surface area (Å²) in [6.45, 7) is 0. The molecule has 0 saturated heterocycles. The fourth-order valence-electron chi connectivity index (χ4n) is 1.65. The third-order valence-electron chi connectivity index (χ3n) is 2.43. The Morgan fingerprint density at radius 3 is 2.94 bits per heavy atom. The molecular weight excluding hydrogens is 276 g/mol. The molecule has 1 aromatic carbocycles. The maximum absolute atomic E-state index is 12.0. The lowest BCUT2D eigenvalue weighted by Crippen LogP contribution is -2.09. The monoisotopic (exact) mass is 282 g/mol. The predicted molar refractivity (Wildman–Crippen MR) is 66.8 cm³/mol. The normalized spacial score (nSPS) is 15.6. The van der Waals surface area contributed by atoms with Gasteiger partial charge in [-0.1, -0.05) is 11.6 Å². The highest BCUT2D eigenvalue weighted by Crippen LogP contribution is 2.37. The van der Waals surface area contributed by atoms with Gasteiger partial charge >= 0.3 is 10.1 Å². The van der Waals surface area contributed by atoms with Crippen molar-refractivity contribution < 1.29 is 12.6 Å². The molecule has 3 rings (SSSR count). The summed E-state index contributed by atoms with van der Waals surface area (Å²) in [6.07, 6.45) is 1.50. The minimum atomic E-state index is -3.87. The van der Waals surface area contributed by atoms with E-state index < -0.39 is 10.1 Å². The third kappa shape index (κ3) is 1.79. The molecule has 0 saturated carbocycles. The highest BCUT2D eigenvalue weighted by molar-refractivity contribution is 7.87. The standard InChI is InChI=1S/C11H7ClN2O3S/c12-7-3-4-9-8(6-7)14-11-10(2-1-5-13-11)18(15,16)17-9/h1-6H,(H,13,14). The lowest BCUT2D eigenvalue weighted by Gasteiger charge is -2.06. The first kappa shape index (κ1) is 11.3. The number of hydrogen-bond donors (Lipinski definition) is 1. The summed E-state index contributed by atoms with van der Waals surface area (Å²) in [5, 5.41) is 3.37. The topological polar surface area (TPSA) is 68.3 Å². The Balaban J connectivity index is 2.27. The molecule has 0 aliphatic carbocycles. The highest BCUT2D eigenvalue weighted by Gasteiger charge is 2.27. The first-order valence-corrected chi connectivity index (χ1v) is 6.81. The van der Waals surface area contributed by atoms with Gasteiger partial charge in [-0.25, -0.2) is 4.98 Å². The Kier molecular flexibility index (Phi) is 2.42. The summed E-state index contributed by atoms with van der Waals surface area (Å²) in [6, 6.07) is 7.59. The van der Waals surface area contributed by atoms with Crippen LogP contribution in [-0.2, 0) is 10.1 Å². The van der Waals surface area contributed by atoms with Crippen LogP contribution in [0.2, 0.25) is 5.02 Å². The number of rotatable bonds is 0. The summed E-state index contributed by atoms with van der Waals surface area (Å²) in [4.78, 5) is 3.99. The summed E-state index contributed by atoms with van der Waals surface area (Å²) in [7, 11) is -3.87. The second-order valence-corrected chi connectivity index (χ2v) is 5.60. The van der Waals surface area contributed by atoms with Gasteiger partial charge in [-0.05, 0) is 30.3 Å². The number of anilines is 2. The zero-order valence-corrected chi connectivity index (χ0v) is 10.5. The number of hydrogen-bond acceptors (Lipinski definition) is 5. The molecule has 0 bridgehead atoms. The van der Waals surface area contributed by atoms with Crippen LogP contribution in [0.25, 0.3) is 0 Å². The summed E-state index contributed by atoms with van der Waals surface area (Å²) < 4.78 is 29.0. The minimum absolute atomic E-state index is 0.00248. The molecule has 2 aromatic rings. The molecule has 5 nitrogen and oxygen atoms in total. The fraction of sp³-hybridized carbons (Fsp3) is 0. The molecule has 1 N–H and O–H groups in total. The highest BCUT2D eigenvalue weighted by atomic mass is 35.5. The molecule has 1 aliphatic heterocycles. The van der Waals surface area contributed by atoms with Crippen molar-refractivity contribution in [2.75, 3.05) is 5.32 Å². The van der Waals surface area contributed by atoms with Crippen LogP contribution in [-0.4, -0.2) is 13.4 Å². The van der Waals surface area contributed by atoms with Crippen molar-refractivity contribution in [1.82, 2.24) is 4.98 Å². The second-order valence-electron chi connectivity index (χ2n) is 3.65. The van der Waals surface area contributed by atoms with Crippen LogP contribution >= 0.6 is 11.6 Å². The lowest BCUT2D eigenvalue weighted by molar-refractivity contribution is 0.489. The summed E-state index contributed by atoms with van der Waals surface area (Å²) in [5.41, 5.74) is 0.462. The number of halogens is 1. The van der Waals surface area contributed by atoms with Gasteiger partial charge in [-0.2, -0.15) is 8.42 Å². The fourth-order valence-corrected chi connectivity index (χ4v) is 2.88. The Morgan fingerprint density at radius 2 is 2.11 bits per heavy atom. The van der Waals surface area contributed by atoms with Gasteiger partial charge < -0.3 is 9.50 Å². The Labute approximate surface area is 109 Å². The molecule has 92 valence electrons. The van der Waals surface area contributed by atoms with Gasteiger partial charge in [0.15, 0.2) is 11.6 Å². The largest absolute Gasteiger partial charge is 0.377 e. The van der Waals surface area contributed by atoms with Crippen LogP contribution in [0.5, 0.6) is 5.75 Å². The van der Waals surface area contributed by atoms with E-state index in [-0.39, 0.29) is 16.5 Å². The van der Waals surface area contributed by atoms with Crippen molar-refractivity contribution in [1.29, 1.82) is 0 Å². The van der Waals surface area contributed by atoms with Gasteiger partial charge in [0.2, 0.25) is 0 Å². The van der Waals surface area contributed by atoms with Crippen LogP contribution in [0.4, 0.5) is 11.5 Å². The molecule has 0 amide bonds. The first-order valence-electron chi connectivity index (χ1n) is 5.02. The van der Waals surface area contributed by atoms with Gasteiger partial charge in [0, 0.05) is 11.2 Å². The Bertz CT molecular complexity index is 731. The zero-order valence-electron chi connectivity index (χ0n) is 8.92. The van der Waals surface area contributed by atoms with E-state index in [1.807, 2.05) is 0 Å². The third-order valence-corrected chi connectivity index (χ3v) is 3.94. The van der Waals surface area contributed by atoms with E-state index >= 15 is 0 Å². The van der Waals surface area contributed by atoms with Crippen LogP contribution in [0, 0.1) is 0 Å². The van der Waals surface area contributed by atoms with E-state index in [1.165, 1.54) is 24.4 Å². The maximum atomic E-state index is 12.0. The number of fused-ring (bicyclic) bond motifs is 2. The van der Waals surface area contributed by atoms with Crippen LogP contribution in [0.3, 0.4) is 0 Å². The number of aromatic nitrogens is 1. The van der Waals surface area contributed by atoms with Gasteiger partial charge in [-0.15, -0.1) is 0 Å². The van der Waals surface area contributed by atoms with Crippen molar-refractivity contribution in [3.63, 3.8) is 0 Å².